The Morgan fingerprint density at radius 2 is 2.17 bits per heavy atom. The van der Waals surface area contributed by atoms with Crippen LogP contribution in [0.2, 0.25) is 0 Å². The van der Waals surface area contributed by atoms with Crippen LogP contribution in [0.25, 0.3) is 0 Å². The maximum Gasteiger partial charge on any atom is 0.328 e. The van der Waals surface area contributed by atoms with E-state index < -0.39 is 17.9 Å². The van der Waals surface area contributed by atoms with Gasteiger partial charge < -0.3 is 10.4 Å². The molecular formula is C10H11N3O4S. The van der Waals surface area contributed by atoms with Gasteiger partial charge >= 0.3 is 12.0 Å². The summed E-state index contributed by atoms with van der Waals surface area (Å²) < 4.78 is 0. The van der Waals surface area contributed by atoms with E-state index >= 15 is 0 Å². The number of urea groups is 1. The smallest absolute Gasteiger partial charge is 0.328 e. The predicted octanol–water partition coefficient (Wildman–Crippen LogP) is 0.418. The third-order valence-electron chi connectivity index (χ3n) is 1.68. The third-order valence-corrected chi connectivity index (χ3v) is 2.65. The molecule has 0 aromatic carbocycles. The van der Waals surface area contributed by atoms with Crippen LogP contribution < -0.4 is 10.6 Å². The SMILES string of the molecule is Cc1csc(CNC(=O)NC(=O)/C=C/C(=O)O)n1. The average molecular weight is 269 g/mol. The fourth-order valence-corrected chi connectivity index (χ4v) is 1.70. The van der Waals surface area contributed by atoms with E-state index in [1.54, 1.807) is 0 Å². The quantitative estimate of drug-likeness (QED) is 0.686. The van der Waals surface area contributed by atoms with Crippen molar-refractivity contribution < 1.29 is 19.5 Å². The van der Waals surface area contributed by atoms with Crippen LogP contribution in [0, 0.1) is 6.92 Å². The number of carbonyl (C=O) groups excluding carboxylic acids is 2. The molecule has 96 valence electrons. The number of hydrogen-bond acceptors (Lipinski definition) is 5. The molecule has 8 heteroatoms. The zero-order valence-electron chi connectivity index (χ0n) is 9.47. The largest absolute Gasteiger partial charge is 0.478 e. The van der Waals surface area contributed by atoms with Crippen LogP contribution in [0.3, 0.4) is 0 Å². The van der Waals surface area contributed by atoms with E-state index in [0.717, 1.165) is 16.8 Å². The number of aromatic nitrogens is 1. The number of carbonyl (C=O) groups is 3. The molecule has 18 heavy (non-hydrogen) atoms. The average Bonchev–Trinajstić information content (AvgIpc) is 2.70. The fraction of sp³-hybridized carbons (Fsp3) is 0.200. The molecule has 0 aliphatic carbocycles. The summed E-state index contributed by atoms with van der Waals surface area (Å²) in [6, 6.07) is -0.706. The second-order valence-corrected chi connectivity index (χ2v) is 4.17. The number of imide groups is 1. The molecule has 7 nitrogen and oxygen atoms in total. The lowest BCUT2D eigenvalue weighted by Crippen LogP contribution is -2.38. The van der Waals surface area contributed by atoms with Gasteiger partial charge in [-0.2, -0.15) is 0 Å². The highest BCUT2D eigenvalue weighted by Gasteiger charge is 2.06. The highest BCUT2D eigenvalue weighted by Crippen LogP contribution is 2.07. The maximum absolute atomic E-state index is 11.2. The first-order valence-electron chi connectivity index (χ1n) is 4.88. The van der Waals surface area contributed by atoms with Crippen LogP contribution in [0.1, 0.15) is 10.7 Å². The zero-order valence-corrected chi connectivity index (χ0v) is 10.3. The molecule has 0 aliphatic rings. The fourth-order valence-electron chi connectivity index (χ4n) is 0.985. The standard InChI is InChI=1S/C10H11N3O4S/c1-6-5-18-8(12-6)4-11-10(17)13-7(14)2-3-9(15)16/h2-3,5H,4H2,1H3,(H,15,16)(H2,11,13,14,17)/b3-2+. The van der Waals surface area contributed by atoms with Gasteiger partial charge in [-0.05, 0) is 6.92 Å². The van der Waals surface area contributed by atoms with Crippen molar-refractivity contribution in [1.82, 2.24) is 15.6 Å². The molecule has 0 bridgehead atoms. The maximum atomic E-state index is 11.2. The summed E-state index contributed by atoms with van der Waals surface area (Å²) in [7, 11) is 0. The predicted molar refractivity (Wildman–Crippen MR) is 64.0 cm³/mol. The Balaban J connectivity index is 2.33. The number of thiazole rings is 1. The lowest BCUT2D eigenvalue weighted by molar-refractivity contribution is -0.131. The molecule has 0 spiro atoms. The van der Waals surface area contributed by atoms with E-state index in [-0.39, 0.29) is 6.54 Å². The number of rotatable bonds is 4. The van der Waals surface area contributed by atoms with Gasteiger partial charge in [0.2, 0.25) is 0 Å². The Morgan fingerprint density at radius 1 is 1.44 bits per heavy atom. The van der Waals surface area contributed by atoms with E-state index in [1.165, 1.54) is 11.3 Å². The van der Waals surface area contributed by atoms with Gasteiger partial charge in [0.05, 0.1) is 6.54 Å². The minimum atomic E-state index is -1.26. The van der Waals surface area contributed by atoms with Gasteiger partial charge in [-0.15, -0.1) is 11.3 Å². The van der Waals surface area contributed by atoms with E-state index in [0.29, 0.717) is 6.08 Å². The molecule has 0 atom stereocenters. The summed E-state index contributed by atoms with van der Waals surface area (Å²) in [5.41, 5.74) is 0.859. The van der Waals surface area contributed by atoms with Crippen molar-refractivity contribution in [3.63, 3.8) is 0 Å². The highest BCUT2D eigenvalue weighted by molar-refractivity contribution is 7.09. The van der Waals surface area contributed by atoms with Crippen molar-refractivity contribution in [3.8, 4) is 0 Å². The van der Waals surface area contributed by atoms with Crippen molar-refractivity contribution in [2.45, 2.75) is 13.5 Å². The first-order chi connectivity index (χ1) is 8.47. The van der Waals surface area contributed by atoms with Crippen LogP contribution >= 0.6 is 11.3 Å². The number of nitrogens with zero attached hydrogens (tertiary/aromatic N) is 1. The van der Waals surface area contributed by atoms with E-state index in [1.807, 2.05) is 17.6 Å². The topological polar surface area (TPSA) is 108 Å². The number of carboxylic acid groups (broad SMARTS) is 1. The molecule has 3 amide bonds. The molecule has 3 N–H and O–H groups in total. The molecule has 1 rings (SSSR count). The number of hydrogen-bond donors (Lipinski definition) is 3. The molecule has 0 aliphatic heterocycles. The monoisotopic (exact) mass is 269 g/mol. The highest BCUT2D eigenvalue weighted by atomic mass is 32.1. The molecule has 1 heterocycles. The number of aryl methyl sites for hydroxylation is 1. The Labute approximate surface area is 107 Å². The van der Waals surface area contributed by atoms with Crippen LogP contribution in [0.5, 0.6) is 0 Å². The first kappa shape index (κ1) is 13.8. The number of amides is 3. The number of aliphatic carboxylic acids is 1. The van der Waals surface area contributed by atoms with Crippen molar-refractivity contribution in [1.29, 1.82) is 0 Å². The summed E-state index contributed by atoms with van der Waals surface area (Å²) in [6.07, 6.45) is 1.41. The second kappa shape index (κ2) is 6.50. The van der Waals surface area contributed by atoms with Crippen molar-refractivity contribution in [2.75, 3.05) is 0 Å². The van der Waals surface area contributed by atoms with Gasteiger partial charge in [0, 0.05) is 23.2 Å². The Morgan fingerprint density at radius 3 is 2.72 bits per heavy atom. The summed E-state index contributed by atoms with van der Waals surface area (Å²) in [5.74, 6) is -2.06. The van der Waals surface area contributed by atoms with Gasteiger partial charge in [0.1, 0.15) is 5.01 Å². The Bertz CT molecular complexity index is 495. The number of nitrogens with one attached hydrogen (secondary N) is 2. The van der Waals surface area contributed by atoms with Gasteiger partial charge in [-0.1, -0.05) is 0 Å². The van der Waals surface area contributed by atoms with Gasteiger partial charge in [0.25, 0.3) is 5.91 Å². The molecule has 1 aromatic heterocycles. The van der Waals surface area contributed by atoms with E-state index in [9.17, 15) is 14.4 Å². The summed E-state index contributed by atoms with van der Waals surface area (Å²) in [6.45, 7) is 2.04. The molecule has 0 unspecified atom stereocenters. The van der Waals surface area contributed by atoms with Crippen LogP contribution in [0.4, 0.5) is 4.79 Å². The van der Waals surface area contributed by atoms with Crippen LogP contribution in [0.15, 0.2) is 17.5 Å². The second-order valence-electron chi connectivity index (χ2n) is 3.23. The zero-order chi connectivity index (χ0) is 13.5. The third kappa shape index (κ3) is 5.21. The van der Waals surface area contributed by atoms with E-state index in [4.69, 9.17) is 5.11 Å². The number of carboxylic acids is 1. The van der Waals surface area contributed by atoms with Crippen LogP contribution in [-0.4, -0.2) is 28.0 Å². The van der Waals surface area contributed by atoms with Crippen LogP contribution in [-0.2, 0) is 16.1 Å². The molecular weight excluding hydrogens is 258 g/mol. The summed E-state index contributed by atoms with van der Waals surface area (Å²) in [5, 5.41) is 15.2. The molecule has 0 saturated carbocycles. The van der Waals surface area contributed by atoms with Gasteiger partial charge in [0.15, 0.2) is 0 Å². The summed E-state index contributed by atoms with van der Waals surface area (Å²) in [4.78, 5) is 36.5. The lowest BCUT2D eigenvalue weighted by Gasteiger charge is -2.02. The van der Waals surface area contributed by atoms with Crippen molar-refractivity contribution >= 4 is 29.2 Å². The molecule has 1 aromatic rings. The normalized spacial score (nSPS) is 10.3. The molecule has 0 fully saturated rings. The molecule has 0 radical (unpaired) electrons. The molecule has 0 saturated heterocycles. The lowest BCUT2D eigenvalue weighted by atomic mass is 10.5. The minimum Gasteiger partial charge on any atom is -0.478 e. The minimum absolute atomic E-state index is 0.209. The Kier molecular flexibility index (Phi) is 5.00. The summed E-state index contributed by atoms with van der Waals surface area (Å²) >= 11 is 1.39. The van der Waals surface area contributed by atoms with E-state index in [2.05, 4.69) is 10.3 Å². The van der Waals surface area contributed by atoms with Gasteiger partial charge in [-0.25, -0.2) is 14.6 Å². The van der Waals surface area contributed by atoms with Gasteiger partial charge in [-0.3, -0.25) is 10.1 Å². The van der Waals surface area contributed by atoms with Crippen molar-refractivity contribution in [2.24, 2.45) is 0 Å². The van der Waals surface area contributed by atoms with Crippen molar-refractivity contribution in [3.05, 3.63) is 28.2 Å². The first-order valence-corrected chi connectivity index (χ1v) is 5.76. The Hall–Kier alpha value is -2.22.